The van der Waals surface area contributed by atoms with E-state index in [4.69, 9.17) is 16.7 Å². The molecule has 7 heteroatoms. The molecule has 0 aromatic heterocycles. The Labute approximate surface area is 189 Å². The summed E-state index contributed by atoms with van der Waals surface area (Å²) in [5.74, 6) is -0.112. The van der Waals surface area contributed by atoms with E-state index in [9.17, 15) is 9.59 Å². The number of hydrogen-bond acceptors (Lipinski definition) is 3. The van der Waals surface area contributed by atoms with Crippen LogP contribution in [-0.4, -0.2) is 48.1 Å². The van der Waals surface area contributed by atoms with Gasteiger partial charge in [0.2, 0.25) is 11.8 Å². The first-order chi connectivity index (χ1) is 14.5. The van der Waals surface area contributed by atoms with Gasteiger partial charge in [-0.2, -0.15) is 0 Å². The first-order valence-corrected chi connectivity index (χ1v) is 11.0. The highest BCUT2D eigenvalue weighted by Gasteiger charge is 2.28. The van der Waals surface area contributed by atoms with Gasteiger partial charge in [0.25, 0.3) is 0 Å². The minimum Gasteiger partial charge on any atom is -0.396 e. The summed E-state index contributed by atoms with van der Waals surface area (Å²) in [6.45, 7) is 1.67. The molecule has 0 unspecified atom stereocenters. The first kappa shape index (κ1) is 22.5. The number of aliphatic hydroxyl groups excluding tert-OH is 1. The van der Waals surface area contributed by atoms with Crippen LogP contribution in [-0.2, 0) is 9.59 Å². The summed E-state index contributed by atoms with van der Waals surface area (Å²) in [7, 11) is 0. The van der Waals surface area contributed by atoms with Crippen molar-refractivity contribution in [1.29, 1.82) is 0 Å². The van der Waals surface area contributed by atoms with Crippen molar-refractivity contribution < 1.29 is 14.7 Å². The SMILES string of the molecule is O=C(/C=C/c1cc[c]c(Cl)c1-c1ccccc1Br)NCCCN1C[C@H](CO)CC1=O. The molecule has 1 radical (unpaired) electrons. The maximum Gasteiger partial charge on any atom is 0.244 e. The highest BCUT2D eigenvalue weighted by molar-refractivity contribution is 9.10. The standard InChI is InChI=1S/C23H23BrClN2O3/c24-19-7-2-1-6-18(19)23-17(5-3-8-20(23)25)9-10-21(29)26-11-4-12-27-14-16(15-28)13-22(27)30/h1-3,5-7,9-10,16,28H,4,11-15H2,(H,26,29)/b10-9+/t16-/m1/s1. The second kappa shape index (κ2) is 10.8. The number of benzene rings is 2. The van der Waals surface area contributed by atoms with Crippen LogP contribution in [0, 0.1) is 12.0 Å². The Kier molecular flexibility index (Phi) is 8.08. The van der Waals surface area contributed by atoms with Crippen molar-refractivity contribution in [3.63, 3.8) is 0 Å². The fourth-order valence-electron chi connectivity index (χ4n) is 3.46. The highest BCUT2D eigenvalue weighted by Crippen LogP contribution is 2.36. The normalized spacial score (nSPS) is 16.4. The maximum atomic E-state index is 12.2. The van der Waals surface area contributed by atoms with Gasteiger partial charge in [0.1, 0.15) is 0 Å². The van der Waals surface area contributed by atoms with Crippen LogP contribution >= 0.6 is 27.5 Å². The molecule has 1 fully saturated rings. The maximum absolute atomic E-state index is 12.2. The third-order valence-electron chi connectivity index (χ3n) is 5.00. The van der Waals surface area contributed by atoms with Crippen LogP contribution in [0.25, 0.3) is 17.2 Å². The van der Waals surface area contributed by atoms with Crippen molar-refractivity contribution in [2.45, 2.75) is 12.8 Å². The van der Waals surface area contributed by atoms with Crippen molar-refractivity contribution in [3.05, 3.63) is 63.6 Å². The Morgan fingerprint density at radius 2 is 2.17 bits per heavy atom. The third-order valence-corrected chi connectivity index (χ3v) is 5.98. The Morgan fingerprint density at radius 3 is 2.90 bits per heavy atom. The fourth-order valence-corrected chi connectivity index (χ4v) is 4.22. The van der Waals surface area contributed by atoms with Gasteiger partial charge < -0.3 is 15.3 Å². The zero-order valence-electron chi connectivity index (χ0n) is 16.4. The van der Waals surface area contributed by atoms with Crippen LogP contribution in [0.1, 0.15) is 18.4 Å². The van der Waals surface area contributed by atoms with Crippen molar-refractivity contribution in [3.8, 4) is 11.1 Å². The summed E-state index contributed by atoms with van der Waals surface area (Å²) in [5, 5.41) is 12.5. The van der Waals surface area contributed by atoms with Crippen LogP contribution in [0.15, 0.2) is 46.9 Å². The van der Waals surface area contributed by atoms with E-state index in [-0.39, 0.29) is 24.3 Å². The Hall–Kier alpha value is -2.15. The minimum absolute atomic E-state index is 0.0313. The molecule has 2 N–H and O–H groups in total. The van der Waals surface area contributed by atoms with Crippen molar-refractivity contribution >= 4 is 45.4 Å². The number of nitrogens with zero attached hydrogens (tertiary/aromatic N) is 1. The van der Waals surface area contributed by atoms with Crippen molar-refractivity contribution in [2.24, 2.45) is 5.92 Å². The second-order valence-corrected chi connectivity index (χ2v) is 8.40. The van der Waals surface area contributed by atoms with Crippen LogP contribution in [0.4, 0.5) is 0 Å². The number of carbonyl (C=O) groups is 2. The average Bonchev–Trinajstić information content (AvgIpc) is 3.10. The monoisotopic (exact) mass is 489 g/mol. The van der Waals surface area contributed by atoms with E-state index >= 15 is 0 Å². The van der Waals surface area contributed by atoms with Gasteiger partial charge in [-0.15, -0.1) is 0 Å². The molecule has 1 heterocycles. The van der Waals surface area contributed by atoms with Gasteiger partial charge in [0, 0.05) is 60.8 Å². The van der Waals surface area contributed by atoms with E-state index in [1.807, 2.05) is 30.3 Å². The number of aliphatic hydroxyl groups is 1. The van der Waals surface area contributed by atoms with Gasteiger partial charge in [0.05, 0.1) is 5.02 Å². The lowest BCUT2D eigenvalue weighted by Crippen LogP contribution is -2.30. The van der Waals surface area contributed by atoms with Crippen LogP contribution in [0.5, 0.6) is 0 Å². The molecular formula is C23H23BrClN2O3. The molecule has 1 atom stereocenters. The molecule has 3 rings (SSSR count). The molecule has 2 amide bonds. The largest absolute Gasteiger partial charge is 0.396 e. The molecule has 1 aliphatic rings. The van der Waals surface area contributed by atoms with Gasteiger partial charge in [-0.25, -0.2) is 0 Å². The molecule has 2 aromatic carbocycles. The molecular weight excluding hydrogens is 468 g/mol. The zero-order chi connectivity index (χ0) is 21.5. The van der Waals surface area contributed by atoms with E-state index in [0.29, 0.717) is 37.5 Å². The molecule has 0 bridgehead atoms. The summed E-state index contributed by atoms with van der Waals surface area (Å²) in [5.41, 5.74) is 2.55. The van der Waals surface area contributed by atoms with Crippen LogP contribution in [0.2, 0.25) is 5.02 Å². The molecule has 30 heavy (non-hydrogen) atoms. The third kappa shape index (κ3) is 5.72. The predicted molar refractivity (Wildman–Crippen MR) is 122 cm³/mol. The van der Waals surface area contributed by atoms with Crippen LogP contribution < -0.4 is 5.32 Å². The van der Waals surface area contributed by atoms with Gasteiger partial charge in [-0.1, -0.05) is 57.9 Å². The Bertz CT molecular complexity index is 948. The minimum atomic E-state index is -0.210. The van der Waals surface area contributed by atoms with Crippen LogP contribution in [0.3, 0.4) is 0 Å². The molecule has 5 nitrogen and oxygen atoms in total. The molecule has 1 aliphatic heterocycles. The van der Waals surface area contributed by atoms with Crippen molar-refractivity contribution in [1.82, 2.24) is 10.2 Å². The topological polar surface area (TPSA) is 69.6 Å². The van der Waals surface area contributed by atoms with Gasteiger partial charge in [0.15, 0.2) is 0 Å². The highest BCUT2D eigenvalue weighted by atomic mass is 79.9. The average molecular weight is 491 g/mol. The molecule has 0 saturated carbocycles. The molecule has 2 aromatic rings. The molecule has 0 aliphatic carbocycles. The Morgan fingerprint density at radius 1 is 1.37 bits per heavy atom. The van der Waals surface area contributed by atoms with E-state index < -0.39 is 0 Å². The predicted octanol–water partition coefficient (Wildman–Crippen LogP) is 3.93. The van der Waals surface area contributed by atoms with Gasteiger partial charge in [-0.3, -0.25) is 9.59 Å². The number of amides is 2. The fraction of sp³-hybridized carbons (Fsp3) is 0.304. The first-order valence-electron chi connectivity index (χ1n) is 9.79. The smallest absolute Gasteiger partial charge is 0.244 e. The van der Waals surface area contributed by atoms with E-state index in [0.717, 1.165) is 21.2 Å². The zero-order valence-corrected chi connectivity index (χ0v) is 18.7. The number of rotatable bonds is 8. The lowest BCUT2D eigenvalue weighted by Gasteiger charge is -2.16. The quantitative estimate of drug-likeness (QED) is 0.435. The summed E-state index contributed by atoms with van der Waals surface area (Å²) < 4.78 is 0.908. The van der Waals surface area contributed by atoms with E-state index in [1.165, 1.54) is 6.08 Å². The van der Waals surface area contributed by atoms with Crippen molar-refractivity contribution in [2.75, 3.05) is 26.2 Å². The molecule has 0 spiro atoms. The van der Waals surface area contributed by atoms with Gasteiger partial charge in [-0.05, 0) is 29.7 Å². The summed E-state index contributed by atoms with van der Waals surface area (Å²) in [4.78, 5) is 25.8. The summed E-state index contributed by atoms with van der Waals surface area (Å²) in [6.07, 6.45) is 4.29. The number of carbonyl (C=O) groups excluding carboxylic acids is 2. The van der Waals surface area contributed by atoms with E-state index in [2.05, 4.69) is 27.3 Å². The van der Waals surface area contributed by atoms with Gasteiger partial charge >= 0.3 is 0 Å². The second-order valence-electron chi connectivity index (χ2n) is 7.17. The number of nitrogens with one attached hydrogen (secondary N) is 1. The summed E-state index contributed by atoms with van der Waals surface area (Å²) >= 11 is 9.94. The Balaban J connectivity index is 1.56. The van der Waals surface area contributed by atoms with E-state index in [1.54, 1.807) is 17.0 Å². The number of hydrogen-bond donors (Lipinski definition) is 2. The lowest BCUT2D eigenvalue weighted by molar-refractivity contribution is -0.127. The molecule has 157 valence electrons. The lowest BCUT2D eigenvalue weighted by atomic mass is 9.99. The number of halogens is 2. The number of likely N-dealkylation sites (tertiary alicyclic amines) is 1. The summed E-state index contributed by atoms with van der Waals surface area (Å²) in [6, 6.07) is 14.3. The molecule has 1 saturated heterocycles.